The third-order valence-electron chi connectivity index (χ3n) is 1.95. The summed E-state index contributed by atoms with van der Waals surface area (Å²) in [7, 11) is 1.56. The minimum Gasteiger partial charge on any atom is -0.385 e. The first-order valence-corrected chi connectivity index (χ1v) is 5.18. The van der Waals surface area contributed by atoms with E-state index < -0.39 is 6.04 Å². The molecule has 0 aliphatic carbocycles. The highest BCUT2D eigenvalue weighted by Gasteiger charge is 2.13. The summed E-state index contributed by atoms with van der Waals surface area (Å²) >= 11 is 5.66. The zero-order valence-electron chi connectivity index (χ0n) is 8.94. The lowest BCUT2D eigenvalue weighted by Crippen LogP contribution is -2.36. The number of halogens is 1. The zero-order chi connectivity index (χ0) is 12.0. The minimum absolute atomic E-state index is 0.285. The van der Waals surface area contributed by atoms with E-state index in [2.05, 4.69) is 10.3 Å². The molecule has 6 heteroatoms. The minimum atomic E-state index is -0.600. The van der Waals surface area contributed by atoms with E-state index in [0.717, 1.165) is 0 Å². The number of carbonyl (C=O) groups excluding carboxylic acids is 1. The Bertz CT molecular complexity index is 342. The summed E-state index contributed by atoms with van der Waals surface area (Å²) in [6.45, 7) is 0.447. The second-order valence-electron chi connectivity index (χ2n) is 3.24. The average molecular weight is 244 g/mol. The van der Waals surface area contributed by atoms with Crippen molar-refractivity contribution in [3.8, 4) is 0 Å². The van der Waals surface area contributed by atoms with Gasteiger partial charge in [0.25, 0.3) is 0 Å². The number of anilines is 1. The summed E-state index contributed by atoms with van der Waals surface area (Å²) in [6, 6.07) is 2.66. The molecule has 0 saturated carbocycles. The summed E-state index contributed by atoms with van der Waals surface area (Å²) in [5.41, 5.74) is 5.64. The maximum absolute atomic E-state index is 11.5. The second kappa shape index (κ2) is 6.42. The van der Waals surface area contributed by atoms with E-state index in [0.29, 0.717) is 23.9 Å². The maximum Gasteiger partial charge on any atom is 0.242 e. The van der Waals surface area contributed by atoms with Gasteiger partial charge in [-0.15, -0.1) is 0 Å². The smallest absolute Gasteiger partial charge is 0.242 e. The van der Waals surface area contributed by atoms with Crippen molar-refractivity contribution in [3.05, 3.63) is 23.4 Å². The van der Waals surface area contributed by atoms with Crippen molar-refractivity contribution in [2.24, 2.45) is 5.73 Å². The van der Waals surface area contributed by atoms with Gasteiger partial charge in [-0.2, -0.15) is 0 Å². The molecule has 1 atom stereocenters. The Hall–Kier alpha value is -1.17. The number of carbonyl (C=O) groups is 1. The number of nitrogens with zero attached hydrogens (tertiary/aromatic N) is 1. The lowest BCUT2D eigenvalue weighted by molar-refractivity contribution is -0.117. The lowest BCUT2D eigenvalue weighted by Gasteiger charge is -2.10. The molecule has 1 aromatic rings. The van der Waals surface area contributed by atoms with Crippen LogP contribution in [-0.4, -0.2) is 30.6 Å². The SMILES string of the molecule is COCCC(N)C(=O)Nc1ccc(Cl)cn1. The van der Waals surface area contributed by atoms with Crippen LogP contribution >= 0.6 is 11.6 Å². The van der Waals surface area contributed by atoms with Crippen LogP contribution in [0, 0.1) is 0 Å². The van der Waals surface area contributed by atoms with Crippen molar-refractivity contribution >= 4 is 23.3 Å². The molecule has 1 rings (SSSR count). The third kappa shape index (κ3) is 4.14. The number of amides is 1. The molecule has 0 aliphatic rings. The van der Waals surface area contributed by atoms with Crippen molar-refractivity contribution in [2.75, 3.05) is 19.0 Å². The molecule has 0 bridgehead atoms. The van der Waals surface area contributed by atoms with Crippen molar-refractivity contribution in [1.29, 1.82) is 0 Å². The molecule has 0 spiro atoms. The van der Waals surface area contributed by atoms with Crippen LogP contribution in [0.2, 0.25) is 5.02 Å². The first kappa shape index (κ1) is 12.9. The fourth-order valence-corrected chi connectivity index (χ4v) is 1.16. The molecule has 3 N–H and O–H groups in total. The molecular formula is C10H14ClN3O2. The number of nitrogens with one attached hydrogen (secondary N) is 1. The van der Waals surface area contributed by atoms with Crippen LogP contribution in [0.15, 0.2) is 18.3 Å². The van der Waals surface area contributed by atoms with Gasteiger partial charge in [0.2, 0.25) is 5.91 Å². The Labute approximate surface area is 98.9 Å². The molecule has 1 amide bonds. The van der Waals surface area contributed by atoms with E-state index in [4.69, 9.17) is 22.1 Å². The zero-order valence-corrected chi connectivity index (χ0v) is 9.70. The Morgan fingerprint density at radius 1 is 1.69 bits per heavy atom. The molecular weight excluding hydrogens is 230 g/mol. The van der Waals surface area contributed by atoms with Crippen molar-refractivity contribution in [3.63, 3.8) is 0 Å². The molecule has 0 saturated heterocycles. The molecule has 0 fully saturated rings. The van der Waals surface area contributed by atoms with Crippen molar-refractivity contribution < 1.29 is 9.53 Å². The van der Waals surface area contributed by atoms with E-state index in [1.807, 2.05) is 0 Å². The number of methoxy groups -OCH3 is 1. The predicted molar refractivity (Wildman–Crippen MR) is 62.3 cm³/mol. The summed E-state index contributed by atoms with van der Waals surface area (Å²) in [4.78, 5) is 15.5. The predicted octanol–water partition coefficient (Wildman–Crippen LogP) is 1.04. The van der Waals surface area contributed by atoms with Gasteiger partial charge in [0.05, 0.1) is 11.1 Å². The van der Waals surface area contributed by atoms with Gasteiger partial charge >= 0.3 is 0 Å². The van der Waals surface area contributed by atoms with Gasteiger partial charge in [0.15, 0.2) is 0 Å². The molecule has 5 nitrogen and oxygen atoms in total. The molecule has 0 aromatic carbocycles. The van der Waals surface area contributed by atoms with Gasteiger partial charge in [-0.1, -0.05) is 11.6 Å². The molecule has 1 unspecified atom stereocenters. The number of ether oxygens (including phenoxy) is 1. The van der Waals surface area contributed by atoms with E-state index in [1.54, 1.807) is 19.2 Å². The van der Waals surface area contributed by atoms with Crippen LogP contribution in [0.25, 0.3) is 0 Å². The Morgan fingerprint density at radius 3 is 3.00 bits per heavy atom. The molecule has 1 aromatic heterocycles. The topological polar surface area (TPSA) is 77.2 Å². The second-order valence-corrected chi connectivity index (χ2v) is 3.68. The van der Waals surface area contributed by atoms with E-state index in [1.165, 1.54) is 6.20 Å². The summed E-state index contributed by atoms with van der Waals surface area (Å²) in [5, 5.41) is 3.10. The van der Waals surface area contributed by atoms with Crippen LogP contribution in [-0.2, 0) is 9.53 Å². The average Bonchev–Trinajstić information content (AvgIpc) is 2.29. The third-order valence-corrected chi connectivity index (χ3v) is 2.17. The van der Waals surface area contributed by atoms with Crippen LogP contribution in [0.3, 0.4) is 0 Å². The molecule has 1 heterocycles. The summed E-state index contributed by atoms with van der Waals surface area (Å²) in [5.74, 6) is 0.147. The number of nitrogens with two attached hydrogens (primary N) is 1. The van der Waals surface area contributed by atoms with Crippen LogP contribution in [0.5, 0.6) is 0 Å². The molecule has 16 heavy (non-hydrogen) atoms. The normalized spacial score (nSPS) is 12.2. The number of rotatable bonds is 5. The molecule has 0 radical (unpaired) electrons. The monoisotopic (exact) mass is 243 g/mol. The number of hydrogen-bond acceptors (Lipinski definition) is 4. The van der Waals surface area contributed by atoms with Gasteiger partial charge < -0.3 is 15.8 Å². The number of aromatic nitrogens is 1. The van der Waals surface area contributed by atoms with E-state index in [-0.39, 0.29) is 5.91 Å². The first-order chi connectivity index (χ1) is 7.63. The maximum atomic E-state index is 11.5. The van der Waals surface area contributed by atoms with Crippen LogP contribution in [0.1, 0.15) is 6.42 Å². The number of hydrogen-bond donors (Lipinski definition) is 2. The standard InChI is InChI=1S/C10H14ClN3O2/c1-16-5-4-8(12)10(15)14-9-3-2-7(11)6-13-9/h2-3,6,8H,4-5,12H2,1H3,(H,13,14,15). The Morgan fingerprint density at radius 2 is 2.44 bits per heavy atom. The van der Waals surface area contributed by atoms with Crippen LogP contribution < -0.4 is 11.1 Å². The Balaban J connectivity index is 2.47. The van der Waals surface area contributed by atoms with Crippen molar-refractivity contribution in [2.45, 2.75) is 12.5 Å². The quantitative estimate of drug-likeness (QED) is 0.810. The number of pyridine rings is 1. The highest BCUT2D eigenvalue weighted by atomic mass is 35.5. The molecule has 0 aliphatic heterocycles. The highest BCUT2D eigenvalue weighted by Crippen LogP contribution is 2.09. The van der Waals surface area contributed by atoms with Gasteiger partial charge in [-0.25, -0.2) is 4.98 Å². The van der Waals surface area contributed by atoms with Gasteiger partial charge in [0, 0.05) is 19.9 Å². The van der Waals surface area contributed by atoms with Crippen molar-refractivity contribution in [1.82, 2.24) is 4.98 Å². The van der Waals surface area contributed by atoms with Gasteiger partial charge in [0.1, 0.15) is 5.82 Å². The summed E-state index contributed by atoms with van der Waals surface area (Å²) in [6.07, 6.45) is 1.92. The Kier molecular flexibility index (Phi) is 5.18. The summed E-state index contributed by atoms with van der Waals surface area (Å²) < 4.78 is 4.84. The van der Waals surface area contributed by atoms with Crippen LogP contribution in [0.4, 0.5) is 5.82 Å². The van der Waals surface area contributed by atoms with Gasteiger partial charge in [-0.3, -0.25) is 4.79 Å². The van der Waals surface area contributed by atoms with E-state index in [9.17, 15) is 4.79 Å². The first-order valence-electron chi connectivity index (χ1n) is 4.80. The largest absolute Gasteiger partial charge is 0.385 e. The van der Waals surface area contributed by atoms with E-state index >= 15 is 0 Å². The fraction of sp³-hybridized carbons (Fsp3) is 0.400. The lowest BCUT2D eigenvalue weighted by atomic mass is 10.2. The highest BCUT2D eigenvalue weighted by molar-refractivity contribution is 6.30. The fourth-order valence-electron chi connectivity index (χ4n) is 1.04. The molecule has 88 valence electrons. The van der Waals surface area contributed by atoms with Gasteiger partial charge in [-0.05, 0) is 18.6 Å².